The summed E-state index contributed by atoms with van der Waals surface area (Å²) in [5, 5.41) is 61.4. The number of aromatic nitrogens is 1. The number of ketones is 1. The third-order valence-electron chi connectivity index (χ3n) is 6.22. The Hall–Kier alpha value is -3.50. The van der Waals surface area contributed by atoms with Crippen LogP contribution in [0.4, 0.5) is 0 Å². The van der Waals surface area contributed by atoms with Crippen molar-refractivity contribution in [3.05, 3.63) is 59.7 Å². The van der Waals surface area contributed by atoms with E-state index >= 15 is 0 Å². The van der Waals surface area contributed by atoms with Crippen LogP contribution in [-0.2, 0) is 4.74 Å². The van der Waals surface area contributed by atoms with E-state index in [0.29, 0.717) is 11.1 Å². The molecule has 0 aliphatic carbocycles. The molecule has 0 amide bonds. The van der Waals surface area contributed by atoms with E-state index in [1.54, 1.807) is 36.4 Å². The quantitative estimate of drug-likeness (QED) is 0.279. The maximum atomic E-state index is 13.0. The molecule has 0 saturated carbocycles. The monoisotopic (exact) mass is 538 g/mol. The Kier molecular flexibility index (Phi) is 8.32. The number of carbonyl (C=O) groups excluding carboxylic acids is 1. The average molecular weight is 539 g/mol. The number of thioether (sulfide) groups is 1. The van der Waals surface area contributed by atoms with Crippen LogP contribution in [0.1, 0.15) is 22.8 Å². The Morgan fingerprint density at radius 3 is 2.39 bits per heavy atom. The molecular weight excluding hydrogens is 512 g/mol. The first kappa shape index (κ1) is 27.5. The fourth-order valence-electron chi connectivity index (χ4n) is 4.31. The summed E-state index contributed by atoms with van der Waals surface area (Å²) in [5.74, 6) is -0.378. The molecule has 2 aromatic carbocycles. The predicted molar refractivity (Wildman–Crippen MR) is 138 cm³/mol. The standard InChI is InChI=1S/C27H26N2O8S/c1-13(31)20-21(15-8-9-18(36-2)17(32)10-15)16(11-28)26(29-22(20)14-6-4-3-5-7-14)38-27-25(35)24(34)23(33)19(12-30)37-27/h3-10,19,23-25,27,30,32-35H,12H2,1-2H3/t19-,23-,24+,25-,27+/m1/s1. The van der Waals surface area contributed by atoms with Gasteiger partial charge in [0.25, 0.3) is 0 Å². The van der Waals surface area contributed by atoms with Crippen LogP contribution in [0.5, 0.6) is 11.5 Å². The molecule has 2 heterocycles. The fourth-order valence-corrected chi connectivity index (χ4v) is 5.44. The third-order valence-corrected chi connectivity index (χ3v) is 7.36. The number of carbonyl (C=O) groups is 1. The second kappa shape index (κ2) is 11.5. The zero-order chi connectivity index (χ0) is 27.6. The van der Waals surface area contributed by atoms with Crippen LogP contribution < -0.4 is 4.74 Å². The number of aromatic hydroxyl groups is 1. The normalized spacial score (nSPS) is 23.0. The highest BCUT2D eigenvalue weighted by Gasteiger charge is 2.44. The molecule has 10 nitrogen and oxygen atoms in total. The molecule has 5 atom stereocenters. The minimum absolute atomic E-state index is 0.0265. The van der Waals surface area contributed by atoms with Crippen molar-refractivity contribution < 1.29 is 39.8 Å². The van der Waals surface area contributed by atoms with Crippen molar-refractivity contribution in [3.8, 4) is 40.0 Å². The zero-order valence-corrected chi connectivity index (χ0v) is 21.3. The van der Waals surface area contributed by atoms with Gasteiger partial charge in [0.2, 0.25) is 0 Å². The highest BCUT2D eigenvalue weighted by Crippen LogP contribution is 2.43. The van der Waals surface area contributed by atoms with Gasteiger partial charge >= 0.3 is 0 Å². The Labute approximate surface area is 222 Å². The van der Waals surface area contributed by atoms with Crippen LogP contribution in [0.15, 0.2) is 53.6 Å². The molecule has 11 heteroatoms. The maximum absolute atomic E-state index is 13.0. The van der Waals surface area contributed by atoms with E-state index < -0.39 is 36.5 Å². The van der Waals surface area contributed by atoms with E-state index in [1.165, 1.54) is 26.2 Å². The van der Waals surface area contributed by atoms with Gasteiger partial charge in [-0.15, -0.1) is 0 Å². The number of phenolic OH excluding ortho intramolecular Hbond substituents is 1. The van der Waals surface area contributed by atoms with Crippen LogP contribution in [0.3, 0.4) is 0 Å². The number of aliphatic hydroxyl groups excluding tert-OH is 4. The lowest BCUT2D eigenvalue weighted by Gasteiger charge is -2.39. The molecule has 1 aromatic heterocycles. The Morgan fingerprint density at radius 1 is 1.11 bits per heavy atom. The van der Waals surface area contributed by atoms with Crippen molar-refractivity contribution in [2.75, 3.05) is 13.7 Å². The molecule has 0 unspecified atom stereocenters. The van der Waals surface area contributed by atoms with Gasteiger partial charge in [0.15, 0.2) is 17.3 Å². The number of nitrogens with zero attached hydrogens (tertiary/aromatic N) is 2. The number of hydrogen-bond acceptors (Lipinski definition) is 11. The lowest BCUT2D eigenvalue weighted by molar-refractivity contribution is -0.205. The number of rotatable bonds is 7. The SMILES string of the molecule is COc1ccc(-c2c(C#N)c(S[C@@H]3O[C@H](CO)[C@@H](O)[C@H](O)[C@H]3O)nc(-c3ccccc3)c2C(C)=O)cc1O. The topological polar surface area (TPSA) is 173 Å². The number of benzene rings is 2. The first-order valence-corrected chi connectivity index (χ1v) is 12.5. The molecule has 1 aliphatic rings. The van der Waals surface area contributed by atoms with Gasteiger partial charge < -0.3 is 35.0 Å². The molecule has 1 aliphatic heterocycles. The molecule has 4 rings (SSSR count). The van der Waals surface area contributed by atoms with E-state index in [-0.39, 0.29) is 44.7 Å². The van der Waals surface area contributed by atoms with Gasteiger partial charge in [0.1, 0.15) is 40.9 Å². The van der Waals surface area contributed by atoms with E-state index in [0.717, 1.165) is 11.8 Å². The fraction of sp³-hybridized carbons (Fsp3) is 0.296. The van der Waals surface area contributed by atoms with E-state index in [1.807, 2.05) is 0 Å². The molecule has 3 aromatic rings. The molecule has 198 valence electrons. The summed E-state index contributed by atoms with van der Waals surface area (Å²) in [4.78, 5) is 17.7. The van der Waals surface area contributed by atoms with Gasteiger partial charge in [-0.3, -0.25) is 4.79 Å². The summed E-state index contributed by atoms with van der Waals surface area (Å²) in [6.07, 6.45) is -5.90. The molecule has 0 bridgehead atoms. The minimum atomic E-state index is -1.62. The second-order valence-electron chi connectivity index (χ2n) is 8.63. The molecule has 38 heavy (non-hydrogen) atoms. The summed E-state index contributed by atoms with van der Waals surface area (Å²) in [6.45, 7) is 0.733. The van der Waals surface area contributed by atoms with Crippen molar-refractivity contribution in [1.29, 1.82) is 5.26 Å². The van der Waals surface area contributed by atoms with Crippen molar-refractivity contribution in [3.63, 3.8) is 0 Å². The molecular formula is C27H26N2O8S. The number of hydrogen-bond donors (Lipinski definition) is 5. The molecule has 1 fully saturated rings. The van der Waals surface area contributed by atoms with E-state index in [2.05, 4.69) is 11.1 Å². The number of nitriles is 1. The first-order chi connectivity index (χ1) is 18.2. The highest BCUT2D eigenvalue weighted by atomic mass is 32.2. The predicted octanol–water partition coefficient (Wildman–Crippen LogP) is 2.10. The molecule has 0 radical (unpaired) electrons. The van der Waals surface area contributed by atoms with Crippen LogP contribution in [0.25, 0.3) is 22.4 Å². The molecule has 1 saturated heterocycles. The number of ether oxygens (including phenoxy) is 2. The largest absolute Gasteiger partial charge is 0.504 e. The summed E-state index contributed by atoms with van der Waals surface area (Å²) >= 11 is 0.812. The van der Waals surface area contributed by atoms with Crippen LogP contribution in [-0.4, -0.2) is 79.9 Å². The second-order valence-corrected chi connectivity index (χ2v) is 9.71. The average Bonchev–Trinajstić information content (AvgIpc) is 2.92. The van der Waals surface area contributed by atoms with E-state index in [4.69, 9.17) is 9.47 Å². The van der Waals surface area contributed by atoms with Crippen LogP contribution >= 0.6 is 11.8 Å². The maximum Gasteiger partial charge on any atom is 0.162 e. The van der Waals surface area contributed by atoms with Crippen LogP contribution in [0.2, 0.25) is 0 Å². The lowest BCUT2D eigenvalue weighted by atomic mass is 9.90. The Balaban J connectivity index is 1.98. The van der Waals surface area contributed by atoms with Gasteiger partial charge in [-0.25, -0.2) is 4.98 Å². The lowest BCUT2D eigenvalue weighted by Crippen LogP contribution is -2.57. The van der Waals surface area contributed by atoms with Crippen molar-refractivity contribution in [2.24, 2.45) is 0 Å². The van der Waals surface area contributed by atoms with Gasteiger partial charge in [-0.1, -0.05) is 48.2 Å². The number of phenols is 1. The smallest absolute Gasteiger partial charge is 0.162 e. The van der Waals surface area contributed by atoms with Crippen LogP contribution in [0, 0.1) is 11.3 Å². The zero-order valence-electron chi connectivity index (χ0n) is 20.5. The summed E-state index contributed by atoms with van der Waals surface area (Å²) in [5.41, 5.74) is 0.302. The number of methoxy groups -OCH3 is 1. The van der Waals surface area contributed by atoms with Gasteiger partial charge in [0.05, 0.1) is 30.5 Å². The Morgan fingerprint density at radius 2 is 1.82 bits per heavy atom. The van der Waals surface area contributed by atoms with Crippen molar-refractivity contribution in [1.82, 2.24) is 4.98 Å². The minimum Gasteiger partial charge on any atom is -0.504 e. The molecule has 5 N–H and O–H groups in total. The number of aliphatic hydroxyl groups is 4. The summed E-state index contributed by atoms with van der Waals surface area (Å²) < 4.78 is 10.8. The number of Topliss-reactive ketones (excluding diaryl/α,β-unsaturated/α-hetero) is 1. The highest BCUT2D eigenvalue weighted by molar-refractivity contribution is 7.99. The summed E-state index contributed by atoms with van der Waals surface area (Å²) in [6, 6.07) is 15.4. The number of pyridine rings is 1. The first-order valence-electron chi connectivity index (χ1n) is 11.6. The third kappa shape index (κ3) is 5.10. The van der Waals surface area contributed by atoms with Gasteiger partial charge in [-0.05, 0) is 24.6 Å². The van der Waals surface area contributed by atoms with Gasteiger partial charge in [0, 0.05) is 11.1 Å². The van der Waals surface area contributed by atoms with E-state index in [9.17, 15) is 35.6 Å². The molecule has 0 spiro atoms. The van der Waals surface area contributed by atoms with Crippen molar-refractivity contribution in [2.45, 2.75) is 41.8 Å². The van der Waals surface area contributed by atoms with Gasteiger partial charge in [-0.2, -0.15) is 5.26 Å². The Bertz CT molecular complexity index is 1380. The van der Waals surface area contributed by atoms with Crippen molar-refractivity contribution >= 4 is 17.5 Å². The summed E-state index contributed by atoms with van der Waals surface area (Å²) in [7, 11) is 1.39.